The normalized spacial score (nSPS) is 18.1. The first-order valence-corrected chi connectivity index (χ1v) is 10.0. The van der Waals surface area contributed by atoms with Gasteiger partial charge in [0.1, 0.15) is 5.82 Å². The Morgan fingerprint density at radius 3 is 2.69 bits per heavy atom. The van der Waals surface area contributed by atoms with Gasteiger partial charge in [0.2, 0.25) is 0 Å². The monoisotopic (exact) mass is 357 g/mol. The second-order valence-electron chi connectivity index (χ2n) is 7.02. The second-order valence-corrected chi connectivity index (χ2v) is 7.02. The van der Waals surface area contributed by atoms with E-state index in [1.807, 2.05) is 23.6 Å². The Labute approximate surface area is 155 Å². The van der Waals surface area contributed by atoms with Crippen molar-refractivity contribution >= 4 is 11.0 Å². The maximum absolute atomic E-state index is 13.0. The van der Waals surface area contributed by atoms with Crippen LogP contribution in [0.1, 0.15) is 51.9 Å². The molecule has 26 heavy (non-hydrogen) atoms. The second kappa shape index (κ2) is 8.73. The zero-order chi connectivity index (χ0) is 18.5. The third kappa shape index (κ3) is 3.81. The topological polar surface area (TPSA) is 54.3 Å². The number of pyridine rings is 1. The molecule has 1 fully saturated rings. The highest BCUT2D eigenvalue weighted by Gasteiger charge is 2.27. The van der Waals surface area contributed by atoms with E-state index in [1.165, 1.54) is 0 Å². The van der Waals surface area contributed by atoms with Crippen LogP contribution in [0, 0.1) is 0 Å². The summed E-state index contributed by atoms with van der Waals surface area (Å²) < 4.78 is 1.85. The molecule has 1 atom stereocenters. The number of hydrogen-bond donors (Lipinski definition) is 0. The molecule has 2 aromatic rings. The summed E-state index contributed by atoms with van der Waals surface area (Å²) in [7, 11) is 0. The molecular weight excluding hydrogens is 326 g/mol. The standard InChI is InChI=1S/C20H31N5O/c1-4-9-17(24-13-8-12-23(5-2)14-15-24)19-22-18-16(10-7-11-21-18)20(26)25(19)6-3/h7,10-11,17H,4-6,8-9,12-15H2,1-3H3. The first kappa shape index (κ1) is 19.0. The Kier molecular flexibility index (Phi) is 6.38. The molecule has 0 spiro atoms. The predicted octanol–water partition coefficient (Wildman–Crippen LogP) is 2.68. The van der Waals surface area contributed by atoms with Crippen molar-refractivity contribution in [1.82, 2.24) is 24.3 Å². The molecule has 0 radical (unpaired) electrons. The van der Waals surface area contributed by atoms with Crippen LogP contribution in [-0.4, -0.2) is 57.1 Å². The van der Waals surface area contributed by atoms with Crippen LogP contribution in [-0.2, 0) is 6.54 Å². The van der Waals surface area contributed by atoms with Gasteiger partial charge in [0.15, 0.2) is 5.65 Å². The van der Waals surface area contributed by atoms with Gasteiger partial charge in [-0.05, 0) is 45.0 Å². The third-order valence-electron chi connectivity index (χ3n) is 5.45. The van der Waals surface area contributed by atoms with Crippen molar-refractivity contribution in [2.45, 2.75) is 52.6 Å². The molecule has 0 bridgehead atoms. The van der Waals surface area contributed by atoms with Crippen molar-refractivity contribution in [2.75, 3.05) is 32.7 Å². The van der Waals surface area contributed by atoms with Gasteiger partial charge in [-0.2, -0.15) is 0 Å². The minimum Gasteiger partial charge on any atom is -0.302 e. The van der Waals surface area contributed by atoms with Crippen molar-refractivity contribution < 1.29 is 0 Å². The van der Waals surface area contributed by atoms with E-state index in [2.05, 4.69) is 28.6 Å². The molecule has 6 heteroatoms. The fraction of sp³-hybridized carbons (Fsp3) is 0.650. The fourth-order valence-electron chi connectivity index (χ4n) is 4.00. The lowest BCUT2D eigenvalue weighted by atomic mass is 10.1. The molecule has 3 rings (SSSR count). The molecule has 0 saturated carbocycles. The Morgan fingerprint density at radius 2 is 1.96 bits per heavy atom. The minimum absolute atomic E-state index is 0.0340. The first-order chi connectivity index (χ1) is 12.7. The summed E-state index contributed by atoms with van der Waals surface area (Å²) in [5.41, 5.74) is 0.606. The van der Waals surface area contributed by atoms with Gasteiger partial charge in [-0.15, -0.1) is 0 Å². The van der Waals surface area contributed by atoms with Crippen LogP contribution in [0.2, 0.25) is 0 Å². The zero-order valence-electron chi connectivity index (χ0n) is 16.3. The highest BCUT2D eigenvalue weighted by molar-refractivity contribution is 5.73. The quantitative estimate of drug-likeness (QED) is 0.796. The molecule has 0 N–H and O–H groups in total. The molecule has 1 aliphatic heterocycles. The number of likely N-dealkylation sites (N-methyl/N-ethyl adjacent to an activating group) is 1. The number of rotatable bonds is 6. The average Bonchev–Trinajstić information content (AvgIpc) is 2.91. The molecule has 142 valence electrons. The van der Waals surface area contributed by atoms with Crippen LogP contribution < -0.4 is 5.56 Å². The Balaban J connectivity index is 2.03. The molecule has 0 aromatic carbocycles. The van der Waals surface area contributed by atoms with E-state index < -0.39 is 0 Å². The Morgan fingerprint density at radius 1 is 1.12 bits per heavy atom. The van der Waals surface area contributed by atoms with Gasteiger partial charge in [0.05, 0.1) is 11.4 Å². The first-order valence-electron chi connectivity index (χ1n) is 10.0. The van der Waals surface area contributed by atoms with E-state index in [1.54, 1.807) is 6.20 Å². The van der Waals surface area contributed by atoms with Crippen LogP contribution in [0.25, 0.3) is 11.0 Å². The zero-order valence-corrected chi connectivity index (χ0v) is 16.3. The molecule has 0 amide bonds. The van der Waals surface area contributed by atoms with Crippen LogP contribution in [0.4, 0.5) is 0 Å². The van der Waals surface area contributed by atoms with Crippen molar-refractivity contribution in [3.05, 3.63) is 34.5 Å². The SMILES string of the molecule is CCCC(c1nc2ncccc2c(=O)n1CC)N1CCCN(CC)CC1. The fourth-order valence-corrected chi connectivity index (χ4v) is 4.00. The van der Waals surface area contributed by atoms with Crippen molar-refractivity contribution in [2.24, 2.45) is 0 Å². The summed E-state index contributed by atoms with van der Waals surface area (Å²) >= 11 is 0. The van der Waals surface area contributed by atoms with Gasteiger partial charge in [-0.1, -0.05) is 20.3 Å². The lowest BCUT2D eigenvalue weighted by Crippen LogP contribution is -2.37. The summed E-state index contributed by atoms with van der Waals surface area (Å²) in [6.07, 6.45) is 4.96. The molecule has 2 aromatic heterocycles. The van der Waals surface area contributed by atoms with E-state index >= 15 is 0 Å². The maximum Gasteiger partial charge on any atom is 0.263 e. The van der Waals surface area contributed by atoms with Gasteiger partial charge >= 0.3 is 0 Å². The Hall–Kier alpha value is -1.79. The van der Waals surface area contributed by atoms with Gasteiger partial charge in [0, 0.05) is 32.4 Å². The van der Waals surface area contributed by atoms with Gasteiger partial charge < -0.3 is 4.90 Å². The number of hydrogen-bond acceptors (Lipinski definition) is 5. The van der Waals surface area contributed by atoms with Gasteiger partial charge in [-0.25, -0.2) is 9.97 Å². The molecule has 3 heterocycles. The van der Waals surface area contributed by atoms with Crippen LogP contribution >= 0.6 is 0 Å². The van der Waals surface area contributed by atoms with Crippen molar-refractivity contribution in [3.8, 4) is 0 Å². The van der Waals surface area contributed by atoms with Crippen LogP contribution in [0.3, 0.4) is 0 Å². The molecule has 1 unspecified atom stereocenters. The van der Waals surface area contributed by atoms with Gasteiger partial charge in [-0.3, -0.25) is 14.3 Å². The van der Waals surface area contributed by atoms with Crippen LogP contribution in [0.15, 0.2) is 23.1 Å². The molecule has 1 aliphatic rings. The van der Waals surface area contributed by atoms with Crippen molar-refractivity contribution in [3.63, 3.8) is 0 Å². The summed E-state index contributed by atoms with van der Waals surface area (Å²) in [4.78, 5) is 27.3. The summed E-state index contributed by atoms with van der Waals surface area (Å²) in [5.74, 6) is 0.885. The van der Waals surface area contributed by atoms with Gasteiger partial charge in [0.25, 0.3) is 5.56 Å². The lowest BCUT2D eigenvalue weighted by Gasteiger charge is -2.31. The third-order valence-corrected chi connectivity index (χ3v) is 5.45. The number of nitrogens with zero attached hydrogens (tertiary/aromatic N) is 5. The largest absolute Gasteiger partial charge is 0.302 e. The number of fused-ring (bicyclic) bond motifs is 1. The highest BCUT2D eigenvalue weighted by Crippen LogP contribution is 2.26. The summed E-state index contributed by atoms with van der Waals surface area (Å²) in [6, 6.07) is 3.81. The molecule has 0 aliphatic carbocycles. The maximum atomic E-state index is 13.0. The smallest absolute Gasteiger partial charge is 0.263 e. The van der Waals surface area contributed by atoms with Crippen LogP contribution in [0.5, 0.6) is 0 Å². The predicted molar refractivity (Wildman–Crippen MR) is 105 cm³/mol. The molecule has 6 nitrogen and oxygen atoms in total. The van der Waals surface area contributed by atoms with E-state index in [-0.39, 0.29) is 11.6 Å². The lowest BCUT2D eigenvalue weighted by molar-refractivity contribution is 0.177. The summed E-state index contributed by atoms with van der Waals surface area (Å²) in [6.45, 7) is 12.5. The Bertz CT molecular complexity index is 787. The van der Waals surface area contributed by atoms with E-state index in [4.69, 9.17) is 4.98 Å². The highest BCUT2D eigenvalue weighted by atomic mass is 16.1. The minimum atomic E-state index is 0.0340. The van der Waals surface area contributed by atoms with E-state index in [0.717, 1.165) is 57.8 Å². The van der Waals surface area contributed by atoms with Crippen molar-refractivity contribution in [1.29, 1.82) is 0 Å². The van der Waals surface area contributed by atoms with E-state index in [9.17, 15) is 4.79 Å². The molecule has 1 saturated heterocycles. The molecular formula is C20H31N5O. The summed E-state index contributed by atoms with van der Waals surface area (Å²) in [5, 5.41) is 0.612. The van der Waals surface area contributed by atoms with E-state index in [0.29, 0.717) is 17.6 Å². The number of aromatic nitrogens is 3. The average molecular weight is 358 g/mol.